The van der Waals surface area contributed by atoms with Gasteiger partial charge in [-0.05, 0) is 35.7 Å². The SMILES string of the molecule is COc1ccc([N+](=O)[O-])cc1NS(=O)(=O)c1cccc(C(=O)NCC(C)c2ccccc2)c1. The molecule has 3 rings (SSSR count). The van der Waals surface area contributed by atoms with Crippen LogP contribution in [-0.4, -0.2) is 32.9 Å². The van der Waals surface area contributed by atoms with Crippen molar-refractivity contribution in [2.45, 2.75) is 17.7 Å². The molecule has 172 valence electrons. The molecule has 0 spiro atoms. The zero-order valence-corrected chi connectivity index (χ0v) is 18.8. The van der Waals surface area contributed by atoms with Gasteiger partial charge in [-0.15, -0.1) is 0 Å². The Labute approximate surface area is 191 Å². The van der Waals surface area contributed by atoms with E-state index in [1.165, 1.54) is 43.5 Å². The van der Waals surface area contributed by atoms with Gasteiger partial charge in [0, 0.05) is 24.2 Å². The van der Waals surface area contributed by atoms with Crippen LogP contribution in [-0.2, 0) is 10.0 Å². The van der Waals surface area contributed by atoms with Gasteiger partial charge in [-0.3, -0.25) is 19.6 Å². The van der Waals surface area contributed by atoms with E-state index in [-0.39, 0.29) is 33.5 Å². The molecule has 1 unspecified atom stereocenters. The van der Waals surface area contributed by atoms with Crippen LogP contribution >= 0.6 is 0 Å². The summed E-state index contributed by atoms with van der Waals surface area (Å²) >= 11 is 0. The van der Waals surface area contributed by atoms with Crippen molar-refractivity contribution in [1.82, 2.24) is 5.32 Å². The van der Waals surface area contributed by atoms with Gasteiger partial charge in [0.15, 0.2) is 0 Å². The maximum atomic E-state index is 12.9. The number of amides is 1. The predicted octanol–water partition coefficient (Wildman–Crippen LogP) is 3.94. The Balaban J connectivity index is 1.77. The first kappa shape index (κ1) is 23.7. The fourth-order valence-corrected chi connectivity index (χ4v) is 4.25. The van der Waals surface area contributed by atoms with E-state index in [2.05, 4.69) is 10.0 Å². The molecule has 1 atom stereocenters. The molecule has 3 aromatic rings. The first-order chi connectivity index (χ1) is 15.7. The fraction of sp³-hybridized carbons (Fsp3) is 0.174. The lowest BCUT2D eigenvalue weighted by Crippen LogP contribution is -2.27. The van der Waals surface area contributed by atoms with Gasteiger partial charge >= 0.3 is 0 Å². The van der Waals surface area contributed by atoms with E-state index in [4.69, 9.17) is 4.74 Å². The summed E-state index contributed by atoms with van der Waals surface area (Å²) in [5.41, 5.74) is 0.862. The van der Waals surface area contributed by atoms with Crippen LogP contribution in [0, 0.1) is 10.1 Å². The molecule has 2 N–H and O–H groups in total. The first-order valence-corrected chi connectivity index (χ1v) is 11.5. The highest BCUT2D eigenvalue weighted by Gasteiger charge is 2.20. The Bertz CT molecular complexity index is 1260. The molecule has 0 heterocycles. The summed E-state index contributed by atoms with van der Waals surface area (Å²) in [5, 5.41) is 13.9. The number of carbonyl (C=O) groups excluding carboxylic acids is 1. The van der Waals surface area contributed by atoms with Crippen LogP contribution in [0.1, 0.15) is 28.8 Å². The van der Waals surface area contributed by atoms with Crippen molar-refractivity contribution in [3.8, 4) is 5.75 Å². The summed E-state index contributed by atoms with van der Waals surface area (Å²) in [4.78, 5) is 22.9. The topological polar surface area (TPSA) is 128 Å². The quantitative estimate of drug-likeness (QED) is 0.361. The molecule has 9 nitrogen and oxygen atoms in total. The van der Waals surface area contributed by atoms with E-state index >= 15 is 0 Å². The third-order valence-electron chi connectivity index (χ3n) is 4.98. The van der Waals surface area contributed by atoms with Gasteiger partial charge < -0.3 is 10.1 Å². The molecular weight excluding hydrogens is 446 g/mol. The molecule has 0 bridgehead atoms. The Hall–Kier alpha value is -3.92. The molecule has 1 amide bonds. The van der Waals surface area contributed by atoms with E-state index in [9.17, 15) is 23.3 Å². The van der Waals surface area contributed by atoms with E-state index in [0.717, 1.165) is 11.6 Å². The molecule has 33 heavy (non-hydrogen) atoms. The van der Waals surface area contributed by atoms with E-state index in [0.29, 0.717) is 6.54 Å². The van der Waals surface area contributed by atoms with Crippen LogP contribution in [0.25, 0.3) is 0 Å². The summed E-state index contributed by atoms with van der Waals surface area (Å²) in [7, 11) is -2.83. The smallest absolute Gasteiger partial charge is 0.271 e. The normalized spacial score (nSPS) is 11.9. The lowest BCUT2D eigenvalue weighted by atomic mass is 10.0. The zero-order chi connectivity index (χ0) is 24.0. The molecule has 0 aliphatic rings. The number of sulfonamides is 1. The minimum atomic E-state index is -4.15. The molecule has 0 radical (unpaired) electrons. The molecule has 0 fully saturated rings. The van der Waals surface area contributed by atoms with Crippen LogP contribution < -0.4 is 14.8 Å². The number of rotatable bonds is 9. The highest BCUT2D eigenvalue weighted by molar-refractivity contribution is 7.92. The number of nitrogens with one attached hydrogen (secondary N) is 2. The number of benzene rings is 3. The first-order valence-electron chi connectivity index (χ1n) is 9.99. The number of hydrogen-bond donors (Lipinski definition) is 2. The standard InChI is InChI=1S/C23H23N3O6S/c1-16(17-7-4-3-5-8-17)15-24-23(27)18-9-6-10-20(13-18)33(30,31)25-21-14-19(26(28)29)11-12-22(21)32-2/h3-14,16,25H,15H2,1-2H3,(H,24,27). The minimum Gasteiger partial charge on any atom is -0.495 e. The molecule has 0 saturated carbocycles. The lowest BCUT2D eigenvalue weighted by molar-refractivity contribution is -0.384. The van der Waals surface area contributed by atoms with Crippen molar-refractivity contribution in [3.63, 3.8) is 0 Å². The maximum Gasteiger partial charge on any atom is 0.271 e. The largest absolute Gasteiger partial charge is 0.495 e. The monoisotopic (exact) mass is 469 g/mol. The van der Waals surface area contributed by atoms with E-state index in [1.54, 1.807) is 0 Å². The number of carbonyl (C=O) groups is 1. The van der Waals surface area contributed by atoms with Crippen molar-refractivity contribution in [3.05, 3.63) is 94.0 Å². The van der Waals surface area contributed by atoms with Crippen molar-refractivity contribution in [2.24, 2.45) is 0 Å². The number of nitrogens with zero attached hydrogens (tertiary/aromatic N) is 1. The van der Waals surface area contributed by atoms with Gasteiger partial charge in [-0.1, -0.05) is 43.3 Å². The summed E-state index contributed by atoms with van der Waals surface area (Å²) < 4.78 is 33.2. The number of anilines is 1. The van der Waals surface area contributed by atoms with Gasteiger partial charge in [0.25, 0.3) is 21.6 Å². The molecule has 0 aliphatic heterocycles. The van der Waals surface area contributed by atoms with Gasteiger partial charge in [0.2, 0.25) is 0 Å². The van der Waals surface area contributed by atoms with Crippen LogP contribution in [0.15, 0.2) is 77.7 Å². The van der Waals surface area contributed by atoms with Crippen molar-refractivity contribution < 1.29 is 22.9 Å². The average Bonchev–Trinajstić information content (AvgIpc) is 2.82. The fourth-order valence-electron chi connectivity index (χ4n) is 3.14. The minimum absolute atomic E-state index is 0.0741. The molecule has 0 aliphatic carbocycles. The van der Waals surface area contributed by atoms with Crippen LogP contribution in [0.3, 0.4) is 0 Å². The summed E-state index contributed by atoms with van der Waals surface area (Å²) in [5.74, 6) is -0.221. The predicted molar refractivity (Wildman–Crippen MR) is 124 cm³/mol. The maximum absolute atomic E-state index is 12.9. The Morgan fingerprint density at radius 2 is 1.79 bits per heavy atom. The van der Waals surface area contributed by atoms with Crippen LogP contribution in [0.4, 0.5) is 11.4 Å². The number of hydrogen-bond acceptors (Lipinski definition) is 6. The highest BCUT2D eigenvalue weighted by atomic mass is 32.2. The highest BCUT2D eigenvalue weighted by Crippen LogP contribution is 2.31. The third kappa shape index (κ3) is 5.86. The third-order valence-corrected chi connectivity index (χ3v) is 6.35. The lowest BCUT2D eigenvalue weighted by Gasteiger charge is -2.14. The zero-order valence-electron chi connectivity index (χ0n) is 18.0. The van der Waals surface area contributed by atoms with Crippen LogP contribution in [0.5, 0.6) is 5.75 Å². The number of ether oxygens (including phenoxy) is 1. The Morgan fingerprint density at radius 3 is 2.45 bits per heavy atom. The summed E-state index contributed by atoms with van der Waals surface area (Å²) in [6.07, 6.45) is 0. The summed E-state index contributed by atoms with van der Waals surface area (Å²) in [6, 6.07) is 18.8. The second kappa shape index (κ2) is 10.1. The van der Waals surface area contributed by atoms with Gasteiger partial charge in [-0.2, -0.15) is 0 Å². The second-order valence-electron chi connectivity index (χ2n) is 7.30. The van der Waals surface area contributed by atoms with Crippen molar-refractivity contribution in [1.29, 1.82) is 0 Å². The Morgan fingerprint density at radius 1 is 1.06 bits per heavy atom. The van der Waals surface area contributed by atoms with Gasteiger partial charge in [0.1, 0.15) is 5.75 Å². The number of nitro groups is 1. The molecule has 0 saturated heterocycles. The molecule has 0 aromatic heterocycles. The van der Waals surface area contributed by atoms with Crippen LogP contribution in [0.2, 0.25) is 0 Å². The number of methoxy groups -OCH3 is 1. The van der Waals surface area contributed by atoms with Gasteiger partial charge in [0.05, 0.1) is 22.6 Å². The average molecular weight is 470 g/mol. The molecule has 10 heteroatoms. The Kier molecular flexibility index (Phi) is 7.29. The number of nitro benzene ring substituents is 1. The van der Waals surface area contributed by atoms with Crippen molar-refractivity contribution in [2.75, 3.05) is 18.4 Å². The number of non-ortho nitro benzene ring substituents is 1. The van der Waals surface area contributed by atoms with Crippen molar-refractivity contribution >= 4 is 27.3 Å². The van der Waals surface area contributed by atoms with E-state index < -0.39 is 20.9 Å². The van der Waals surface area contributed by atoms with E-state index in [1.807, 2.05) is 37.3 Å². The van der Waals surface area contributed by atoms with Gasteiger partial charge in [-0.25, -0.2) is 8.42 Å². The molecule has 3 aromatic carbocycles. The summed E-state index contributed by atoms with van der Waals surface area (Å²) in [6.45, 7) is 2.36. The second-order valence-corrected chi connectivity index (χ2v) is 8.98. The molecular formula is C23H23N3O6S.